The van der Waals surface area contributed by atoms with E-state index in [0.717, 1.165) is 0 Å². The molecule has 0 radical (unpaired) electrons. The van der Waals surface area contributed by atoms with Crippen LogP contribution in [0.25, 0.3) is 0 Å². The molecule has 0 spiro atoms. The molecule has 1 saturated heterocycles. The third-order valence-electron chi connectivity index (χ3n) is 4.25. The van der Waals surface area contributed by atoms with Gasteiger partial charge in [0, 0.05) is 31.7 Å². The molecule has 2 aromatic rings. The molecule has 3 rings (SSSR count). The van der Waals surface area contributed by atoms with E-state index in [1.165, 1.54) is 22.8 Å². The maximum atomic E-state index is 13.9. The lowest BCUT2D eigenvalue weighted by atomic mass is 9.95. The number of ether oxygens (including phenoxy) is 1. The third-order valence-corrected chi connectivity index (χ3v) is 4.56. The molecular weight excluding hydrogens is 380 g/mol. The van der Waals surface area contributed by atoms with Crippen molar-refractivity contribution in [2.45, 2.75) is 12.6 Å². The number of benzene rings is 1. The van der Waals surface area contributed by atoms with Gasteiger partial charge in [0.2, 0.25) is 0 Å². The average molecular weight is 398 g/mol. The van der Waals surface area contributed by atoms with E-state index in [9.17, 15) is 9.18 Å². The number of halogens is 3. The van der Waals surface area contributed by atoms with Crippen LogP contribution in [0.3, 0.4) is 0 Å². The van der Waals surface area contributed by atoms with Crippen LogP contribution in [-0.4, -0.2) is 24.3 Å². The molecule has 1 fully saturated rings. The number of aromatic nitrogens is 1. The fourth-order valence-corrected chi connectivity index (χ4v) is 3.14. The summed E-state index contributed by atoms with van der Waals surface area (Å²) in [7, 11) is 0. The van der Waals surface area contributed by atoms with Crippen LogP contribution in [-0.2, 0) is 11.3 Å². The van der Waals surface area contributed by atoms with Gasteiger partial charge in [-0.05, 0) is 29.8 Å². The van der Waals surface area contributed by atoms with Gasteiger partial charge in [-0.25, -0.2) is 4.39 Å². The van der Waals surface area contributed by atoms with Crippen LogP contribution >= 0.6 is 24.0 Å². The highest BCUT2D eigenvalue weighted by Gasteiger charge is 2.27. The van der Waals surface area contributed by atoms with Crippen molar-refractivity contribution in [2.24, 2.45) is 5.92 Å². The molecule has 2 atom stereocenters. The summed E-state index contributed by atoms with van der Waals surface area (Å²) in [5.41, 5.74) is 0.439. The van der Waals surface area contributed by atoms with Gasteiger partial charge < -0.3 is 14.6 Å². The van der Waals surface area contributed by atoms with Gasteiger partial charge in [-0.2, -0.15) is 5.26 Å². The highest BCUT2D eigenvalue weighted by molar-refractivity contribution is 6.30. The minimum Gasteiger partial charge on any atom is -0.372 e. The summed E-state index contributed by atoms with van der Waals surface area (Å²) in [5.74, 6) is -0.600. The fourth-order valence-electron chi connectivity index (χ4n) is 3.03. The largest absolute Gasteiger partial charge is 0.372 e. The molecule has 0 bridgehead atoms. The first-order valence-corrected chi connectivity index (χ1v) is 8.35. The van der Waals surface area contributed by atoms with Gasteiger partial charge in [-0.3, -0.25) is 4.79 Å². The van der Waals surface area contributed by atoms with Crippen molar-refractivity contribution in [3.05, 3.63) is 68.8 Å². The number of hydrogen-bond donors (Lipinski definition) is 1. The average Bonchev–Trinajstić information content (AvgIpc) is 2.85. The van der Waals surface area contributed by atoms with E-state index in [0.29, 0.717) is 31.8 Å². The first-order valence-electron chi connectivity index (χ1n) is 7.97. The highest BCUT2D eigenvalue weighted by atomic mass is 35.5. The summed E-state index contributed by atoms with van der Waals surface area (Å²) in [6, 6.07) is 9.68. The molecular formula is C18H18Cl2FN3O2. The van der Waals surface area contributed by atoms with E-state index in [1.54, 1.807) is 18.3 Å². The minimum atomic E-state index is -0.498. The summed E-state index contributed by atoms with van der Waals surface area (Å²) in [4.78, 5) is 12.3. The zero-order valence-electron chi connectivity index (χ0n) is 13.8. The molecule has 8 heteroatoms. The van der Waals surface area contributed by atoms with Gasteiger partial charge in [0.25, 0.3) is 5.56 Å². The van der Waals surface area contributed by atoms with Gasteiger partial charge >= 0.3 is 0 Å². The maximum absolute atomic E-state index is 13.9. The Balaban J connectivity index is 0.00000243. The Labute approximate surface area is 161 Å². The molecule has 0 saturated carbocycles. The summed E-state index contributed by atoms with van der Waals surface area (Å²) < 4.78 is 21.3. The van der Waals surface area contributed by atoms with Gasteiger partial charge in [-0.15, -0.1) is 12.4 Å². The quantitative estimate of drug-likeness (QED) is 0.864. The Bertz CT molecular complexity index is 866. The number of nitrogens with zero attached hydrogens (tertiary/aromatic N) is 2. The summed E-state index contributed by atoms with van der Waals surface area (Å²) in [5, 5.41) is 12.4. The number of rotatable bonds is 3. The molecule has 26 heavy (non-hydrogen) atoms. The SMILES string of the molecule is Cl.N#Cc1cccn(C[C@@H]2CNCCO[C@H]2c2ccc(Cl)c(F)c2)c1=O. The molecule has 0 aliphatic carbocycles. The zero-order chi connectivity index (χ0) is 17.8. The standard InChI is InChI=1S/C18H17ClFN3O2.ClH/c19-15-4-3-12(8-16(15)20)17-14(10-22-5-7-25-17)11-23-6-1-2-13(9-21)18(23)24;/h1-4,6,8,14,17,22H,5,7,10-11H2;1H/t14-,17-;/m0./s1. The Morgan fingerprint density at radius 1 is 1.42 bits per heavy atom. The van der Waals surface area contributed by atoms with Crippen LogP contribution in [0.15, 0.2) is 41.3 Å². The van der Waals surface area contributed by atoms with Gasteiger partial charge in [0.15, 0.2) is 0 Å². The van der Waals surface area contributed by atoms with E-state index < -0.39 is 5.82 Å². The minimum absolute atomic E-state index is 0. The van der Waals surface area contributed by atoms with E-state index in [4.69, 9.17) is 21.6 Å². The van der Waals surface area contributed by atoms with Crippen LogP contribution in [0.4, 0.5) is 4.39 Å². The van der Waals surface area contributed by atoms with Gasteiger partial charge in [0.1, 0.15) is 17.4 Å². The summed E-state index contributed by atoms with van der Waals surface area (Å²) >= 11 is 5.77. The third kappa shape index (κ3) is 4.43. The Morgan fingerprint density at radius 2 is 2.23 bits per heavy atom. The van der Waals surface area contributed by atoms with E-state index in [1.807, 2.05) is 6.07 Å². The number of nitriles is 1. The van der Waals surface area contributed by atoms with Crippen molar-refractivity contribution in [3.8, 4) is 6.07 Å². The molecule has 1 N–H and O–H groups in total. The molecule has 1 aromatic carbocycles. The molecule has 138 valence electrons. The Hall–Kier alpha value is -1.91. The van der Waals surface area contributed by atoms with Crippen LogP contribution < -0.4 is 10.9 Å². The van der Waals surface area contributed by atoms with Crippen molar-refractivity contribution in [1.82, 2.24) is 9.88 Å². The zero-order valence-corrected chi connectivity index (χ0v) is 15.4. The van der Waals surface area contributed by atoms with Crippen LogP contribution in [0.5, 0.6) is 0 Å². The number of hydrogen-bond acceptors (Lipinski definition) is 4. The van der Waals surface area contributed by atoms with Crippen molar-refractivity contribution in [3.63, 3.8) is 0 Å². The highest BCUT2D eigenvalue weighted by Crippen LogP contribution is 2.30. The van der Waals surface area contributed by atoms with E-state index in [-0.39, 0.29) is 40.6 Å². The summed E-state index contributed by atoms with van der Waals surface area (Å²) in [6.45, 7) is 2.13. The fraction of sp³-hybridized carbons (Fsp3) is 0.333. The molecule has 2 heterocycles. The molecule has 0 unspecified atom stereocenters. The lowest BCUT2D eigenvalue weighted by molar-refractivity contribution is 0.0249. The van der Waals surface area contributed by atoms with Crippen molar-refractivity contribution < 1.29 is 9.13 Å². The van der Waals surface area contributed by atoms with Gasteiger partial charge in [-0.1, -0.05) is 17.7 Å². The first-order chi connectivity index (χ1) is 12.1. The molecule has 1 aliphatic rings. The topological polar surface area (TPSA) is 67.1 Å². The van der Waals surface area contributed by atoms with Gasteiger partial charge in [0.05, 0.1) is 17.7 Å². The lowest BCUT2D eigenvalue weighted by Gasteiger charge is -2.26. The summed E-state index contributed by atoms with van der Waals surface area (Å²) in [6.07, 6.45) is 1.27. The predicted molar refractivity (Wildman–Crippen MR) is 99.1 cm³/mol. The maximum Gasteiger partial charge on any atom is 0.268 e. The number of pyridine rings is 1. The molecule has 5 nitrogen and oxygen atoms in total. The normalized spacial score (nSPS) is 19.9. The lowest BCUT2D eigenvalue weighted by Crippen LogP contribution is -2.32. The van der Waals surface area contributed by atoms with Crippen LogP contribution in [0, 0.1) is 23.1 Å². The Kier molecular flexibility index (Phi) is 7.18. The van der Waals surface area contributed by atoms with Crippen molar-refractivity contribution in [2.75, 3.05) is 19.7 Å². The smallest absolute Gasteiger partial charge is 0.268 e. The first kappa shape index (κ1) is 20.4. The predicted octanol–water partition coefficient (Wildman–Crippen LogP) is 2.91. The Morgan fingerprint density at radius 3 is 2.96 bits per heavy atom. The van der Waals surface area contributed by atoms with E-state index in [2.05, 4.69) is 5.32 Å². The molecule has 1 aliphatic heterocycles. The van der Waals surface area contributed by atoms with Crippen LogP contribution in [0.2, 0.25) is 5.02 Å². The molecule has 0 amide bonds. The second-order valence-corrected chi connectivity index (χ2v) is 6.33. The van der Waals surface area contributed by atoms with E-state index >= 15 is 0 Å². The van der Waals surface area contributed by atoms with Crippen molar-refractivity contribution >= 4 is 24.0 Å². The second-order valence-electron chi connectivity index (χ2n) is 5.92. The van der Waals surface area contributed by atoms with Crippen molar-refractivity contribution in [1.29, 1.82) is 5.26 Å². The molecule has 1 aromatic heterocycles. The monoisotopic (exact) mass is 397 g/mol. The number of nitrogens with one attached hydrogen (secondary N) is 1. The second kappa shape index (κ2) is 9.15. The van der Waals surface area contributed by atoms with Crippen LogP contribution in [0.1, 0.15) is 17.2 Å².